The van der Waals surface area contributed by atoms with E-state index in [1.54, 1.807) is 7.11 Å². The van der Waals surface area contributed by atoms with Crippen molar-refractivity contribution in [1.29, 1.82) is 0 Å². The highest BCUT2D eigenvalue weighted by molar-refractivity contribution is 5.79. The Hall–Kier alpha value is -0.850. The largest absolute Gasteiger partial charge is 0.385 e. The minimum atomic E-state index is 0.638. The van der Waals surface area contributed by atoms with Crippen molar-refractivity contribution in [2.75, 3.05) is 40.0 Å². The highest BCUT2D eigenvalue weighted by atomic mass is 16.5. The Morgan fingerprint density at radius 3 is 2.71 bits per heavy atom. The molecular formula is C11H26N4O2. The minimum Gasteiger partial charge on any atom is -0.385 e. The average molecular weight is 246 g/mol. The van der Waals surface area contributed by atoms with Crippen LogP contribution in [-0.2, 0) is 9.47 Å². The second-order valence-corrected chi connectivity index (χ2v) is 3.55. The van der Waals surface area contributed by atoms with Gasteiger partial charge in [0.05, 0.1) is 0 Å². The second kappa shape index (κ2) is 13.2. The molecule has 0 aromatic rings. The van der Waals surface area contributed by atoms with E-state index < -0.39 is 0 Å². The summed E-state index contributed by atoms with van der Waals surface area (Å²) in [7, 11) is 1.71. The molecule has 17 heavy (non-hydrogen) atoms. The van der Waals surface area contributed by atoms with Gasteiger partial charge in [0.15, 0.2) is 0 Å². The van der Waals surface area contributed by atoms with Gasteiger partial charge in [-0.25, -0.2) is 5.84 Å². The van der Waals surface area contributed by atoms with Crippen molar-refractivity contribution in [2.24, 2.45) is 10.8 Å². The van der Waals surface area contributed by atoms with Gasteiger partial charge in [-0.05, 0) is 26.2 Å². The van der Waals surface area contributed by atoms with Crippen LogP contribution < -0.4 is 16.6 Å². The van der Waals surface area contributed by atoms with Crippen LogP contribution in [0.3, 0.4) is 0 Å². The molecule has 0 heterocycles. The molecule has 4 N–H and O–H groups in total. The zero-order valence-corrected chi connectivity index (χ0v) is 11.0. The van der Waals surface area contributed by atoms with E-state index in [9.17, 15) is 0 Å². The predicted octanol–water partition coefficient (Wildman–Crippen LogP) is 0.249. The number of nitrogens with zero attached hydrogens (tertiary/aromatic N) is 1. The number of nitrogens with one attached hydrogen (secondary N) is 2. The van der Waals surface area contributed by atoms with Gasteiger partial charge in [-0.1, -0.05) is 0 Å². The first-order chi connectivity index (χ1) is 8.35. The molecule has 0 spiro atoms. The number of rotatable bonds is 10. The van der Waals surface area contributed by atoms with E-state index in [4.69, 9.17) is 15.3 Å². The van der Waals surface area contributed by atoms with Crippen molar-refractivity contribution >= 4 is 5.96 Å². The first-order valence-electron chi connectivity index (χ1n) is 6.16. The third-order valence-electron chi connectivity index (χ3n) is 2.13. The van der Waals surface area contributed by atoms with E-state index in [1.807, 2.05) is 6.92 Å². The molecule has 0 aliphatic rings. The number of nitrogens with two attached hydrogens (primary N) is 1. The summed E-state index contributed by atoms with van der Waals surface area (Å²) in [5.41, 5.74) is 2.55. The molecule has 0 fully saturated rings. The first-order valence-corrected chi connectivity index (χ1v) is 6.16. The molecule has 0 aromatic heterocycles. The summed E-state index contributed by atoms with van der Waals surface area (Å²) in [6.07, 6.45) is 2.98. The van der Waals surface area contributed by atoms with Crippen molar-refractivity contribution in [3.63, 3.8) is 0 Å². The maximum absolute atomic E-state index is 5.36. The summed E-state index contributed by atoms with van der Waals surface area (Å²) >= 11 is 0. The molecule has 0 rings (SSSR count). The van der Waals surface area contributed by atoms with Gasteiger partial charge >= 0.3 is 0 Å². The molecule has 0 aliphatic carbocycles. The van der Waals surface area contributed by atoms with Gasteiger partial charge in [0.25, 0.3) is 0 Å². The van der Waals surface area contributed by atoms with Crippen molar-refractivity contribution in [1.82, 2.24) is 10.7 Å². The molecular weight excluding hydrogens is 220 g/mol. The summed E-state index contributed by atoms with van der Waals surface area (Å²) in [6.45, 7) is 5.83. The fraction of sp³-hybridized carbons (Fsp3) is 0.909. The summed E-state index contributed by atoms with van der Waals surface area (Å²) < 4.78 is 10.2. The lowest BCUT2D eigenvalue weighted by Crippen LogP contribution is -2.42. The maximum atomic E-state index is 5.36. The third kappa shape index (κ3) is 11.4. The zero-order chi connectivity index (χ0) is 12.8. The van der Waals surface area contributed by atoms with Crippen molar-refractivity contribution in [2.45, 2.75) is 26.2 Å². The molecule has 0 unspecified atom stereocenters. The molecule has 0 aromatic carbocycles. The van der Waals surface area contributed by atoms with Gasteiger partial charge in [-0.3, -0.25) is 10.4 Å². The number of guanidine groups is 1. The van der Waals surface area contributed by atoms with Crippen LogP contribution in [0, 0.1) is 0 Å². The number of ether oxygens (including phenoxy) is 2. The fourth-order valence-electron chi connectivity index (χ4n) is 1.23. The van der Waals surface area contributed by atoms with Gasteiger partial charge < -0.3 is 14.8 Å². The molecule has 0 saturated carbocycles. The summed E-state index contributed by atoms with van der Waals surface area (Å²) in [5, 5.41) is 3.14. The number of unbranched alkanes of at least 4 members (excludes halogenated alkanes) is 1. The first kappa shape index (κ1) is 16.1. The highest BCUT2D eigenvalue weighted by Crippen LogP contribution is 1.87. The van der Waals surface area contributed by atoms with Crippen LogP contribution in [0.25, 0.3) is 0 Å². The molecule has 0 atom stereocenters. The SMILES string of the molecule is CCOCCCN=C(NN)NCCCCOC. The van der Waals surface area contributed by atoms with Gasteiger partial charge in [-0.15, -0.1) is 0 Å². The van der Waals surface area contributed by atoms with Crippen LogP contribution in [0.15, 0.2) is 4.99 Å². The smallest absolute Gasteiger partial charge is 0.205 e. The molecule has 6 nitrogen and oxygen atoms in total. The summed E-state index contributed by atoms with van der Waals surface area (Å²) in [5.74, 6) is 5.99. The number of hydrazine groups is 1. The van der Waals surface area contributed by atoms with E-state index in [-0.39, 0.29) is 0 Å². The lowest BCUT2D eigenvalue weighted by molar-refractivity contribution is 0.146. The topological polar surface area (TPSA) is 80.9 Å². The predicted molar refractivity (Wildman–Crippen MR) is 69.8 cm³/mol. The van der Waals surface area contributed by atoms with E-state index >= 15 is 0 Å². The number of aliphatic imine (C=N–C) groups is 1. The maximum Gasteiger partial charge on any atom is 0.205 e. The van der Waals surface area contributed by atoms with Crippen LogP contribution in [0.4, 0.5) is 0 Å². The third-order valence-corrected chi connectivity index (χ3v) is 2.13. The quantitative estimate of drug-likeness (QED) is 0.169. The Bertz CT molecular complexity index is 188. The molecule has 0 bridgehead atoms. The molecule has 0 saturated heterocycles. The van der Waals surface area contributed by atoms with Crippen molar-refractivity contribution < 1.29 is 9.47 Å². The number of hydrogen-bond acceptors (Lipinski definition) is 4. The highest BCUT2D eigenvalue weighted by Gasteiger charge is 1.95. The summed E-state index contributed by atoms with van der Waals surface area (Å²) in [6, 6.07) is 0. The normalized spacial score (nSPS) is 11.6. The van der Waals surface area contributed by atoms with Crippen LogP contribution in [-0.4, -0.2) is 46.0 Å². The molecule has 6 heteroatoms. The van der Waals surface area contributed by atoms with Crippen molar-refractivity contribution in [3.05, 3.63) is 0 Å². The monoisotopic (exact) mass is 246 g/mol. The average Bonchev–Trinajstić information content (AvgIpc) is 2.36. The molecule has 0 amide bonds. The van der Waals surface area contributed by atoms with E-state index in [0.717, 1.165) is 45.6 Å². The van der Waals surface area contributed by atoms with Gasteiger partial charge in [-0.2, -0.15) is 0 Å². The minimum absolute atomic E-state index is 0.638. The van der Waals surface area contributed by atoms with Gasteiger partial charge in [0, 0.05) is 40.0 Å². The summed E-state index contributed by atoms with van der Waals surface area (Å²) in [4.78, 5) is 4.29. The van der Waals surface area contributed by atoms with E-state index in [0.29, 0.717) is 12.5 Å². The Balaban J connectivity index is 3.49. The molecule has 102 valence electrons. The zero-order valence-electron chi connectivity index (χ0n) is 11.0. The van der Waals surface area contributed by atoms with E-state index in [2.05, 4.69) is 15.7 Å². The molecule has 0 radical (unpaired) electrons. The Morgan fingerprint density at radius 2 is 2.06 bits per heavy atom. The Kier molecular flexibility index (Phi) is 12.6. The lowest BCUT2D eigenvalue weighted by Gasteiger charge is -2.08. The van der Waals surface area contributed by atoms with Crippen LogP contribution in [0.2, 0.25) is 0 Å². The van der Waals surface area contributed by atoms with Gasteiger partial charge in [0.1, 0.15) is 0 Å². The van der Waals surface area contributed by atoms with Crippen LogP contribution in [0.5, 0.6) is 0 Å². The Morgan fingerprint density at radius 1 is 1.24 bits per heavy atom. The van der Waals surface area contributed by atoms with Crippen LogP contribution in [0.1, 0.15) is 26.2 Å². The fourth-order valence-corrected chi connectivity index (χ4v) is 1.23. The van der Waals surface area contributed by atoms with Crippen molar-refractivity contribution in [3.8, 4) is 0 Å². The Labute approximate surface area is 104 Å². The second-order valence-electron chi connectivity index (χ2n) is 3.55. The van der Waals surface area contributed by atoms with E-state index in [1.165, 1.54) is 0 Å². The number of hydrogen-bond donors (Lipinski definition) is 3. The standard InChI is InChI=1S/C11H26N4O2/c1-3-17-10-6-8-14-11(15-12)13-7-4-5-9-16-2/h3-10,12H2,1-2H3,(H2,13,14,15). The number of methoxy groups -OCH3 is 1. The van der Waals surface area contributed by atoms with Crippen LogP contribution >= 0.6 is 0 Å². The molecule has 0 aliphatic heterocycles. The lowest BCUT2D eigenvalue weighted by atomic mass is 10.3. The van der Waals surface area contributed by atoms with Gasteiger partial charge in [0.2, 0.25) is 5.96 Å².